The summed E-state index contributed by atoms with van der Waals surface area (Å²) < 4.78 is 9.84. The van der Waals surface area contributed by atoms with Crippen molar-refractivity contribution in [3.05, 3.63) is 53.1 Å². The predicted octanol–water partition coefficient (Wildman–Crippen LogP) is 2.32. The number of hydrogen-bond acceptors (Lipinski definition) is 6. The molecule has 2 aromatic rings. The Bertz CT molecular complexity index is 751. The highest BCUT2D eigenvalue weighted by molar-refractivity contribution is 6.00. The van der Waals surface area contributed by atoms with Crippen LogP contribution in [0.5, 0.6) is 17.2 Å². The first kappa shape index (κ1) is 16.4. The van der Waals surface area contributed by atoms with Crippen LogP contribution in [-0.2, 0) is 11.2 Å². The minimum atomic E-state index is -0.502. The number of carbonyl (C=O) groups is 2. The third-order valence-corrected chi connectivity index (χ3v) is 3.34. The van der Waals surface area contributed by atoms with Gasteiger partial charge >= 0.3 is 5.97 Å². The van der Waals surface area contributed by atoms with E-state index in [-0.39, 0.29) is 29.3 Å². The number of rotatable bonds is 5. The fourth-order valence-corrected chi connectivity index (χ4v) is 2.16. The molecule has 0 unspecified atom stereocenters. The quantitative estimate of drug-likeness (QED) is 0.649. The van der Waals surface area contributed by atoms with Crippen molar-refractivity contribution in [3.8, 4) is 17.2 Å². The van der Waals surface area contributed by atoms with Crippen LogP contribution in [0.25, 0.3) is 0 Å². The third kappa shape index (κ3) is 3.60. The Labute approximate surface area is 132 Å². The maximum absolute atomic E-state index is 12.3. The van der Waals surface area contributed by atoms with Crippen molar-refractivity contribution in [2.24, 2.45) is 0 Å². The van der Waals surface area contributed by atoms with Crippen molar-refractivity contribution in [2.45, 2.75) is 6.42 Å². The molecule has 6 heteroatoms. The van der Waals surface area contributed by atoms with Gasteiger partial charge in [-0.1, -0.05) is 6.07 Å². The van der Waals surface area contributed by atoms with Crippen LogP contribution in [0.4, 0.5) is 0 Å². The van der Waals surface area contributed by atoms with Gasteiger partial charge in [0.05, 0.1) is 25.3 Å². The average Bonchev–Trinajstić information content (AvgIpc) is 2.54. The van der Waals surface area contributed by atoms with E-state index in [4.69, 9.17) is 4.74 Å². The number of ether oxygens (including phenoxy) is 2. The molecule has 0 aliphatic carbocycles. The summed E-state index contributed by atoms with van der Waals surface area (Å²) >= 11 is 0. The fraction of sp³-hybridized carbons (Fsp3) is 0.176. The molecule has 0 aliphatic rings. The minimum Gasteiger partial charge on any atom is -0.508 e. The van der Waals surface area contributed by atoms with Crippen molar-refractivity contribution in [3.63, 3.8) is 0 Å². The first-order valence-electron chi connectivity index (χ1n) is 6.76. The summed E-state index contributed by atoms with van der Waals surface area (Å²) in [6.07, 6.45) is -0.0248. The van der Waals surface area contributed by atoms with Crippen molar-refractivity contribution >= 4 is 11.8 Å². The molecule has 0 atom stereocenters. The lowest BCUT2D eigenvalue weighted by Gasteiger charge is -2.10. The van der Waals surface area contributed by atoms with Gasteiger partial charge in [-0.3, -0.25) is 4.79 Å². The Hall–Kier alpha value is -3.02. The van der Waals surface area contributed by atoms with Gasteiger partial charge in [-0.15, -0.1) is 0 Å². The second kappa shape index (κ2) is 6.83. The van der Waals surface area contributed by atoms with Gasteiger partial charge in [-0.2, -0.15) is 0 Å². The molecular formula is C17H16O6. The van der Waals surface area contributed by atoms with Crippen molar-refractivity contribution < 1.29 is 29.3 Å². The fourth-order valence-electron chi connectivity index (χ4n) is 2.16. The standard InChI is InChI=1S/C17H16O6/c1-22-16-8-11(17(21)23-2)4-3-10(16)7-14(19)13-6-5-12(18)9-15(13)20/h3-6,8-9,18,20H,7H2,1-2H3. The molecule has 2 N–H and O–H groups in total. The zero-order valence-corrected chi connectivity index (χ0v) is 12.7. The third-order valence-electron chi connectivity index (χ3n) is 3.34. The van der Waals surface area contributed by atoms with Crippen molar-refractivity contribution in [2.75, 3.05) is 14.2 Å². The zero-order valence-electron chi connectivity index (χ0n) is 12.7. The molecule has 0 amide bonds. The summed E-state index contributed by atoms with van der Waals surface area (Å²) in [5.41, 5.74) is 0.979. The number of methoxy groups -OCH3 is 2. The highest BCUT2D eigenvalue weighted by atomic mass is 16.5. The van der Waals surface area contributed by atoms with Crippen LogP contribution in [0.1, 0.15) is 26.3 Å². The number of phenols is 2. The molecule has 0 aliphatic heterocycles. The van der Waals surface area contributed by atoms with Gasteiger partial charge in [0, 0.05) is 18.1 Å². The number of benzene rings is 2. The zero-order chi connectivity index (χ0) is 17.0. The molecule has 0 saturated carbocycles. The van der Waals surface area contributed by atoms with Crippen molar-refractivity contribution in [1.82, 2.24) is 0 Å². The number of phenolic OH excluding ortho intramolecular Hbond substituents is 2. The van der Waals surface area contributed by atoms with E-state index < -0.39 is 5.97 Å². The lowest BCUT2D eigenvalue weighted by Crippen LogP contribution is -2.07. The number of ketones is 1. The van der Waals surface area contributed by atoms with Gasteiger partial charge in [0.15, 0.2) is 5.78 Å². The molecule has 0 aromatic heterocycles. The first-order valence-corrected chi connectivity index (χ1v) is 6.76. The normalized spacial score (nSPS) is 10.2. The molecule has 23 heavy (non-hydrogen) atoms. The Morgan fingerprint density at radius 2 is 1.78 bits per heavy atom. The van der Waals surface area contributed by atoms with Gasteiger partial charge < -0.3 is 19.7 Å². The van der Waals surface area contributed by atoms with E-state index in [9.17, 15) is 19.8 Å². The molecule has 2 rings (SSSR count). The van der Waals surface area contributed by atoms with Crippen LogP contribution in [0.15, 0.2) is 36.4 Å². The van der Waals surface area contributed by atoms with Crippen LogP contribution < -0.4 is 4.74 Å². The Kier molecular flexibility index (Phi) is 4.85. The second-order valence-corrected chi connectivity index (χ2v) is 4.82. The number of esters is 1. The Morgan fingerprint density at radius 1 is 1.04 bits per heavy atom. The van der Waals surface area contributed by atoms with Crippen LogP contribution in [0.3, 0.4) is 0 Å². The molecular weight excluding hydrogens is 300 g/mol. The van der Waals surface area contributed by atoms with Crippen LogP contribution >= 0.6 is 0 Å². The first-order chi connectivity index (χ1) is 11.0. The number of carbonyl (C=O) groups excluding carboxylic acids is 2. The molecule has 2 aromatic carbocycles. The maximum Gasteiger partial charge on any atom is 0.337 e. The van der Waals surface area contributed by atoms with Gasteiger partial charge in [-0.05, 0) is 24.3 Å². The van der Waals surface area contributed by atoms with E-state index in [1.165, 1.54) is 38.5 Å². The molecule has 0 radical (unpaired) electrons. The highest BCUT2D eigenvalue weighted by Gasteiger charge is 2.16. The van der Waals surface area contributed by atoms with Gasteiger partial charge in [0.1, 0.15) is 17.2 Å². The Morgan fingerprint density at radius 3 is 2.39 bits per heavy atom. The van der Waals surface area contributed by atoms with E-state index in [0.717, 1.165) is 6.07 Å². The number of Topliss-reactive ketones (excluding diaryl/α,β-unsaturated/α-hetero) is 1. The van der Waals surface area contributed by atoms with Crippen molar-refractivity contribution in [1.29, 1.82) is 0 Å². The van der Waals surface area contributed by atoms with Crippen LogP contribution in [0, 0.1) is 0 Å². The summed E-state index contributed by atoms with van der Waals surface area (Å²) in [5, 5.41) is 19.0. The SMILES string of the molecule is COC(=O)c1ccc(CC(=O)c2ccc(O)cc2O)c(OC)c1. The lowest BCUT2D eigenvalue weighted by atomic mass is 10.00. The monoisotopic (exact) mass is 316 g/mol. The molecule has 120 valence electrons. The van der Waals surface area contributed by atoms with E-state index in [0.29, 0.717) is 16.9 Å². The topological polar surface area (TPSA) is 93.1 Å². The van der Waals surface area contributed by atoms with E-state index in [1.54, 1.807) is 6.07 Å². The molecule has 0 bridgehead atoms. The lowest BCUT2D eigenvalue weighted by molar-refractivity contribution is 0.0600. The number of aromatic hydroxyl groups is 2. The molecule has 6 nitrogen and oxygen atoms in total. The summed E-state index contributed by atoms with van der Waals surface area (Å²) in [7, 11) is 2.71. The van der Waals surface area contributed by atoms with E-state index in [2.05, 4.69) is 4.74 Å². The molecule has 0 fully saturated rings. The van der Waals surface area contributed by atoms with E-state index in [1.807, 2.05) is 0 Å². The second-order valence-electron chi connectivity index (χ2n) is 4.82. The molecule has 0 spiro atoms. The smallest absolute Gasteiger partial charge is 0.337 e. The van der Waals surface area contributed by atoms with Gasteiger partial charge in [-0.25, -0.2) is 4.79 Å². The van der Waals surface area contributed by atoms with Crippen LogP contribution in [0.2, 0.25) is 0 Å². The van der Waals surface area contributed by atoms with E-state index >= 15 is 0 Å². The minimum absolute atomic E-state index is 0.0248. The Balaban J connectivity index is 2.28. The largest absolute Gasteiger partial charge is 0.508 e. The molecule has 0 saturated heterocycles. The van der Waals surface area contributed by atoms with Gasteiger partial charge in [0.25, 0.3) is 0 Å². The highest BCUT2D eigenvalue weighted by Crippen LogP contribution is 2.27. The van der Waals surface area contributed by atoms with Crippen LogP contribution in [-0.4, -0.2) is 36.2 Å². The number of hydrogen-bond donors (Lipinski definition) is 2. The summed E-state index contributed by atoms with van der Waals surface area (Å²) in [4.78, 5) is 23.8. The predicted molar refractivity (Wildman–Crippen MR) is 82.1 cm³/mol. The average molecular weight is 316 g/mol. The summed E-state index contributed by atoms with van der Waals surface area (Å²) in [6.45, 7) is 0. The summed E-state index contributed by atoms with van der Waals surface area (Å²) in [5.74, 6) is -0.886. The maximum atomic E-state index is 12.3. The summed E-state index contributed by atoms with van der Waals surface area (Å²) in [6, 6.07) is 8.40. The molecule has 0 heterocycles. The van der Waals surface area contributed by atoms with Gasteiger partial charge in [0.2, 0.25) is 0 Å².